The second kappa shape index (κ2) is 6.63. The lowest BCUT2D eigenvalue weighted by Gasteiger charge is -2.17. The number of benzene rings is 3. The van der Waals surface area contributed by atoms with Gasteiger partial charge in [-0.3, -0.25) is 9.63 Å². The van der Waals surface area contributed by atoms with Crippen molar-refractivity contribution in [3.63, 3.8) is 0 Å². The van der Waals surface area contributed by atoms with E-state index in [1.165, 1.54) is 21.9 Å². The number of fused-ring (bicyclic) bond motifs is 2. The zero-order chi connectivity index (χ0) is 16.2. The molecule has 0 aliphatic rings. The Morgan fingerprint density at radius 3 is 2.17 bits per heavy atom. The molecule has 3 heteroatoms. The third-order valence-electron chi connectivity index (χ3n) is 3.90. The van der Waals surface area contributed by atoms with Crippen LogP contribution in [-0.4, -0.2) is 18.0 Å². The second-order valence-corrected chi connectivity index (χ2v) is 5.41. The number of allylic oxidation sites excluding steroid dienone is 1. The predicted octanol–water partition coefficient (Wildman–Crippen LogP) is 4.46. The van der Waals surface area contributed by atoms with Crippen molar-refractivity contribution < 1.29 is 9.63 Å². The number of hydrogen-bond donors (Lipinski definition) is 0. The topological polar surface area (TPSA) is 29.5 Å². The molecule has 0 saturated carbocycles. The van der Waals surface area contributed by atoms with E-state index in [0.29, 0.717) is 6.61 Å². The Morgan fingerprint density at radius 2 is 1.61 bits per heavy atom. The van der Waals surface area contributed by atoms with Gasteiger partial charge < -0.3 is 0 Å². The molecule has 116 valence electrons. The molecule has 0 aromatic heterocycles. The number of likely N-dealkylation sites (N-methyl/N-ethyl adjacent to an activating group) is 1. The van der Waals surface area contributed by atoms with Crippen LogP contribution in [-0.2, 0) is 16.2 Å². The largest absolute Gasteiger partial charge is 0.269 e. The standard InChI is InChI=1S/C20H19NO2/c1-3-8-20(22)21(2)23-14-19-17-11-6-4-9-15(17)13-16-10-5-7-12-18(16)19/h3-13H,14H2,1-2H3/b8-3+. The van der Waals surface area contributed by atoms with E-state index >= 15 is 0 Å². The molecular formula is C20H19NO2. The third-order valence-corrected chi connectivity index (χ3v) is 3.90. The van der Waals surface area contributed by atoms with E-state index in [2.05, 4.69) is 30.3 Å². The number of carbonyl (C=O) groups excluding carboxylic acids is 1. The summed E-state index contributed by atoms with van der Waals surface area (Å²) in [5.41, 5.74) is 1.10. The molecule has 0 unspecified atom stereocenters. The molecule has 0 saturated heterocycles. The van der Waals surface area contributed by atoms with Crippen LogP contribution in [0, 0.1) is 0 Å². The van der Waals surface area contributed by atoms with Crippen LogP contribution in [0.5, 0.6) is 0 Å². The van der Waals surface area contributed by atoms with Crippen LogP contribution in [0.1, 0.15) is 12.5 Å². The molecule has 0 spiro atoms. The van der Waals surface area contributed by atoms with Crippen molar-refractivity contribution in [1.82, 2.24) is 5.06 Å². The number of carbonyl (C=O) groups is 1. The molecule has 1 amide bonds. The molecule has 0 atom stereocenters. The van der Waals surface area contributed by atoms with Gasteiger partial charge in [0.05, 0.1) is 0 Å². The number of nitrogens with zero attached hydrogens (tertiary/aromatic N) is 1. The Morgan fingerprint density at radius 1 is 1.04 bits per heavy atom. The van der Waals surface area contributed by atoms with Gasteiger partial charge in [0.25, 0.3) is 5.91 Å². The van der Waals surface area contributed by atoms with Crippen molar-refractivity contribution in [2.75, 3.05) is 7.05 Å². The maximum atomic E-state index is 11.8. The average molecular weight is 305 g/mol. The van der Waals surface area contributed by atoms with Crippen molar-refractivity contribution in [1.29, 1.82) is 0 Å². The SMILES string of the molecule is C/C=C/C(=O)N(C)OCc1c2ccccc2cc2ccccc12. The summed E-state index contributed by atoms with van der Waals surface area (Å²) >= 11 is 0. The summed E-state index contributed by atoms with van der Waals surface area (Å²) in [6.07, 6.45) is 3.19. The van der Waals surface area contributed by atoms with Gasteiger partial charge in [0.2, 0.25) is 0 Å². The molecule has 3 aromatic rings. The molecule has 0 bridgehead atoms. The summed E-state index contributed by atoms with van der Waals surface area (Å²) in [4.78, 5) is 17.5. The highest BCUT2D eigenvalue weighted by Gasteiger charge is 2.10. The molecule has 3 rings (SSSR count). The van der Waals surface area contributed by atoms with Crippen molar-refractivity contribution in [2.24, 2.45) is 0 Å². The van der Waals surface area contributed by atoms with E-state index in [1.807, 2.05) is 31.2 Å². The fraction of sp³-hybridized carbons (Fsp3) is 0.150. The monoisotopic (exact) mass is 305 g/mol. The second-order valence-electron chi connectivity index (χ2n) is 5.41. The smallest absolute Gasteiger partial charge is 0.267 e. The zero-order valence-electron chi connectivity index (χ0n) is 13.3. The highest BCUT2D eigenvalue weighted by atomic mass is 16.7. The summed E-state index contributed by atoms with van der Waals surface area (Å²) < 4.78 is 0. The number of hydrogen-bond acceptors (Lipinski definition) is 2. The normalized spacial score (nSPS) is 11.4. The average Bonchev–Trinajstić information content (AvgIpc) is 2.58. The Bertz CT molecular complexity index is 829. The van der Waals surface area contributed by atoms with Gasteiger partial charge in [0.1, 0.15) is 6.61 Å². The highest BCUT2D eigenvalue weighted by Crippen LogP contribution is 2.29. The Kier molecular flexibility index (Phi) is 4.40. The molecule has 0 aliphatic heterocycles. The molecule has 0 fully saturated rings. The summed E-state index contributed by atoms with van der Waals surface area (Å²) in [6, 6.07) is 18.7. The first kappa shape index (κ1) is 15.3. The van der Waals surface area contributed by atoms with Crippen molar-refractivity contribution >= 4 is 27.5 Å². The van der Waals surface area contributed by atoms with Crippen LogP contribution in [0.4, 0.5) is 0 Å². The maximum absolute atomic E-state index is 11.8. The van der Waals surface area contributed by atoms with Crippen LogP contribution in [0.2, 0.25) is 0 Å². The Balaban J connectivity index is 2.02. The summed E-state index contributed by atoms with van der Waals surface area (Å²) in [5, 5.41) is 5.92. The molecule has 0 N–H and O–H groups in total. The molecule has 0 aliphatic carbocycles. The Hall–Kier alpha value is -2.65. The fourth-order valence-corrected chi connectivity index (χ4v) is 2.74. The lowest BCUT2D eigenvalue weighted by atomic mass is 9.97. The quantitative estimate of drug-likeness (QED) is 0.404. The first-order valence-electron chi connectivity index (χ1n) is 7.63. The first-order valence-corrected chi connectivity index (χ1v) is 7.63. The third kappa shape index (κ3) is 3.10. The lowest BCUT2D eigenvalue weighted by Crippen LogP contribution is -2.24. The molecule has 23 heavy (non-hydrogen) atoms. The molecule has 3 aromatic carbocycles. The highest BCUT2D eigenvalue weighted by molar-refractivity contribution is 6.02. The van der Waals surface area contributed by atoms with Gasteiger partial charge >= 0.3 is 0 Å². The van der Waals surface area contributed by atoms with E-state index in [0.717, 1.165) is 16.3 Å². The predicted molar refractivity (Wildman–Crippen MR) is 93.8 cm³/mol. The first-order chi connectivity index (χ1) is 11.2. The van der Waals surface area contributed by atoms with E-state index < -0.39 is 0 Å². The number of amides is 1. The van der Waals surface area contributed by atoms with Crippen LogP contribution >= 0.6 is 0 Å². The van der Waals surface area contributed by atoms with E-state index in [9.17, 15) is 4.79 Å². The minimum Gasteiger partial charge on any atom is -0.267 e. The molecule has 3 nitrogen and oxygen atoms in total. The van der Waals surface area contributed by atoms with Crippen LogP contribution in [0.25, 0.3) is 21.5 Å². The minimum absolute atomic E-state index is 0.169. The summed E-state index contributed by atoms with van der Waals surface area (Å²) in [5.74, 6) is -0.169. The maximum Gasteiger partial charge on any atom is 0.269 e. The molecular weight excluding hydrogens is 286 g/mol. The van der Waals surface area contributed by atoms with Gasteiger partial charge in [-0.1, -0.05) is 54.6 Å². The summed E-state index contributed by atoms with van der Waals surface area (Å²) in [7, 11) is 1.63. The van der Waals surface area contributed by atoms with Gasteiger partial charge in [-0.2, -0.15) is 0 Å². The van der Waals surface area contributed by atoms with Gasteiger partial charge in [0.15, 0.2) is 0 Å². The van der Waals surface area contributed by atoms with Crippen molar-refractivity contribution in [3.05, 3.63) is 72.3 Å². The van der Waals surface area contributed by atoms with Crippen molar-refractivity contribution in [3.8, 4) is 0 Å². The van der Waals surface area contributed by atoms with Gasteiger partial charge in [0, 0.05) is 13.1 Å². The summed E-state index contributed by atoms with van der Waals surface area (Å²) in [6.45, 7) is 2.16. The molecule has 0 radical (unpaired) electrons. The number of rotatable bonds is 4. The van der Waals surface area contributed by atoms with Gasteiger partial charge in [-0.25, -0.2) is 5.06 Å². The lowest BCUT2D eigenvalue weighted by molar-refractivity contribution is -0.176. The zero-order valence-corrected chi connectivity index (χ0v) is 13.3. The minimum atomic E-state index is -0.169. The van der Waals surface area contributed by atoms with Crippen LogP contribution < -0.4 is 0 Å². The van der Waals surface area contributed by atoms with E-state index in [-0.39, 0.29) is 5.91 Å². The van der Waals surface area contributed by atoms with Crippen LogP contribution in [0.15, 0.2) is 66.7 Å². The fourth-order valence-electron chi connectivity index (χ4n) is 2.74. The van der Waals surface area contributed by atoms with E-state index in [4.69, 9.17) is 4.84 Å². The van der Waals surface area contributed by atoms with Gasteiger partial charge in [-0.15, -0.1) is 0 Å². The van der Waals surface area contributed by atoms with Crippen molar-refractivity contribution in [2.45, 2.75) is 13.5 Å². The van der Waals surface area contributed by atoms with E-state index in [1.54, 1.807) is 13.1 Å². The van der Waals surface area contributed by atoms with Crippen LogP contribution in [0.3, 0.4) is 0 Å². The molecule has 0 heterocycles. The van der Waals surface area contributed by atoms with Gasteiger partial charge in [-0.05, 0) is 40.1 Å². The Labute approximate surface area is 135 Å². The number of hydroxylamine groups is 2.